The smallest absolute Gasteiger partial charge is 0.212 e. The molecule has 0 saturated carbocycles. The van der Waals surface area contributed by atoms with Gasteiger partial charge in [-0.05, 0) is 40.3 Å². The van der Waals surface area contributed by atoms with Gasteiger partial charge >= 0.3 is 0 Å². The highest BCUT2D eigenvalue weighted by molar-refractivity contribution is 7.98. The average Bonchev–Trinajstić information content (AvgIpc) is 3.04. The maximum absolute atomic E-state index is 12.9. The van der Waals surface area contributed by atoms with Crippen molar-refractivity contribution < 1.29 is 4.39 Å². The molecule has 7 heteroatoms. The Kier molecular flexibility index (Phi) is 3.19. The molecule has 0 unspecified atom stereocenters. The zero-order valence-corrected chi connectivity index (χ0v) is 12.2. The molecular weight excluding hydrogens is 301 g/mol. The first-order valence-corrected chi connectivity index (χ1v) is 7.64. The molecule has 0 spiro atoms. The highest BCUT2D eigenvalue weighted by atomic mass is 32.2. The number of halogens is 1. The van der Waals surface area contributed by atoms with Crippen molar-refractivity contribution >= 4 is 28.4 Å². The maximum Gasteiger partial charge on any atom is 0.212 e. The van der Waals surface area contributed by atoms with Crippen LogP contribution in [0.2, 0.25) is 0 Å². The number of rotatable bonds is 3. The predicted molar refractivity (Wildman–Crippen MR) is 82.0 cm³/mol. The van der Waals surface area contributed by atoms with E-state index in [9.17, 15) is 4.39 Å². The van der Waals surface area contributed by atoms with Crippen LogP contribution >= 0.6 is 11.8 Å². The van der Waals surface area contributed by atoms with Gasteiger partial charge in [0.05, 0.1) is 11.0 Å². The Balaban J connectivity index is 1.73. The second-order valence-corrected chi connectivity index (χ2v) is 5.70. The second kappa shape index (κ2) is 5.34. The summed E-state index contributed by atoms with van der Waals surface area (Å²) in [7, 11) is 0. The van der Waals surface area contributed by atoms with E-state index in [0.29, 0.717) is 11.4 Å². The first-order valence-electron chi connectivity index (χ1n) is 6.65. The predicted octanol–water partition coefficient (Wildman–Crippen LogP) is 3.10. The Hall–Kier alpha value is -2.54. The van der Waals surface area contributed by atoms with Crippen LogP contribution in [0.5, 0.6) is 0 Å². The van der Waals surface area contributed by atoms with Crippen molar-refractivity contribution in [3.63, 3.8) is 0 Å². The first-order chi connectivity index (χ1) is 10.8. The van der Waals surface area contributed by atoms with Crippen molar-refractivity contribution in [3.8, 4) is 0 Å². The molecule has 4 aromatic rings. The highest BCUT2D eigenvalue weighted by Crippen LogP contribution is 2.26. The Bertz CT molecular complexity index is 951. The summed E-state index contributed by atoms with van der Waals surface area (Å²) in [5.74, 6) is 0.440. The van der Waals surface area contributed by atoms with Crippen LogP contribution < -0.4 is 0 Å². The average molecular weight is 311 g/mol. The van der Waals surface area contributed by atoms with Gasteiger partial charge in [0.25, 0.3) is 0 Å². The minimum absolute atomic E-state index is 0.235. The molecule has 2 aromatic heterocycles. The number of aromatic nitrogens is 5. The first kappa shape index (κ1) is 13.1. The molecule has 0 fully saturated rings. The lowest BCUT2D eigenvalue weighted by Crippen LogP contribution is -1.96. The van der Waals surface area contributed by atoms with Crippen LogP contribution in [0.15, 0.2) is 53.6 Å². The van der Waals surface area contributed by atoms with E-state index in [-0.39, 0.29) is 5.82 Å². The van der Waals surface area contributed by atoms with Crippen LogP contribution in [-0.4, -0.2) is 25.0 Å². The summed E-state index contributed by atoms with van der Waals surface area (Å²) in [6, 6.07) is 14.2. The lowest BCUT2D eigenvalue weighted by atomic mass is 10.2. The van der Waals surface area contributed by atoms with Crippen LogP contribution in [0.4, 0.5) is 4.39 Å². The Morgan fingerprint density at radius 2 is 1.86 bits per heavy atom. The Labute approximate surface area is 129 Å². The van der Waals surface area contributed by atoms with Crippen LogP contribution in [0.25, 0.3) is 16.7 Å². The summed E-state index contributed by atoms with van der Waals surface area (Å²) in [5.41, 5.74) is 3.36. The number of hydrogen-bond acceptors (Lipinski definition) is 5. The number of thioether (sulfide) groups is 1. The van der Waals surface area contributed by atoms with E-state index in [1.165, 1.54) is 23.9 Å². The number of nitrogens with zero attached hydrogens (tertiary/aromatic N) is 5. The summed E-state index contributed by atoms with van der Waals surface area (Å²) in [5, 5.41) is 12.6. The van der Waals surface area contributed by atoms with E-state index >= 15 is 0 Å². The number of hydrogen-bond donors (Lipinski definition) is 0. The van der Waals surface area contributed by atoms with E-state index in [2.05, 4.69) is 20.5 Å². The second-order valence-electron chi connectivity index (χ2n) is 4.74. The zero-order valence-electron chi connectivity index (χ0n) is 11.3. The molecule has 5 nitrogen and oxygen atoms in total. The molecule has 4 rings (SSSR count). The zero-order chi connectivity index (χ0) is 14.9. The van der Waals surface area contributed by atoms with Gasteiger partial charge in [0.15, 0.2) is 0 Å². The monoisotopic (exact) mass is 311 g/mol. The van der Waals surface area contributed by atoms with Gasteiger partial charge in [0.2, 0.25) is 5.65 Å². The molecule has 2 heterocycles. The van der Waals surface area contributed by atoms with E-state index in [4.69, 9.17) is 0 Å². The topological polar surface area (TPSA) is 56.0 Å². The minimum Gasteiger partial charge on any atom is -0.236 e. The van der Waals surface area contributed by atoms with Crippen LogP contribution in [0.3, 0.4) is 0 Å². The maximum atomic E-state index is 12.9. The van der Waals surface area contributed by atoms with E-state index in [1.807, 2.05) is 24.3 Å². The summed E-state index contributed by atoms with van der Waals surface area (Å²) < 4.78 is 14.6. The van der Waals surface area contributed by atoms with Gasteiger partial charge in [-0.2, -0.15) is 4.52 Å². The fraction of sp³-hybridized carbons (Fsp3) is 0.0667. The molecule has 0 bridgehead atoms. The Morgan fingerprint density at radius 3 is 2.73 bits per heavy atom. The molecule has 22 heavy (non-hydrogen) atoms. The number of benzene rings is 2. The molecule has 0 radical (unpaired) electrons. The fourth-order valence-electron chi connectivity index (χ4n) is 2.21. The molecule has 2 aromatic carbocycles. The fourth-order valence-corrected chi connectivity index (χ4v) is 3.12. The lowest BCUT2D eigenvalue weighted by Gasteiger charge is -2.05. The largest absolute Gasteiger partial charge is 0.236 e. The molecule has 0 saturated heterocycles. The third kappa shape index (κ3) is 2.29. The van der Waals surface area contributed by atoms with Crippen molar-refractivity contribution in [3.05, 3.63) is 59.9 Å². The van der Waals surface area contributed by atoms with Gasteiger partial charge in [-0.15, -0.1) is 5.10 Å². The van der Waals surface area contributed by atoms with Gasteiger partial charge < -0.3 is 0 Å². The summed E-state index contributed by atoms with van der Waals surface area (Å²) in [6.07, 6.45) is 0. The van der Waals surface area contributed by atoms with Gasteiger partial charge in [-0.1, -0.05) is 36.0 Å². The van der Waals surface area contributed by atoms with Crippen molar-refractivity contribution in [2.24, 2.45) is 0 Å². The normalized spacial score (nSPS) is 11.3. The summed E-state index contributed by atoms with van der Waals surface area (Å²) >= 11 is 1.53. The van der Waals surface area contributed by atoms with E-state index < -0.39 is 0 Å². The highest BCUT2D eigenvalue weighted by Gasteiger charge is 2.11. The van der Waals surface area contributed by atoms with Crippen LogP contribution in [0.1, 0.15) is 5.56 Å². The lowest BCUT2D eigenvalue weighted by molar-refractivity contribution is 0.627. The molecule has 0 aliphatic heterocycles. The van der Waals surface area contributed by atoms with Crippen molar-refractivity contribution in [2.45, 2.75) is 10.8 Å². The minimum atomic E-state index is -0.235. The summed E-state index contributed by atoms with van der Waals surface area (Å²) in [6.45, 7) is 0. The van der Waals surface area contributed by atoms with Crippen molar-refractivity contribution in [1.29, 1.82) is 0 Å². The third-order valence-electron chi connectivity index (χ3n) is 3.28. The van der Waals surface area contributed by atoms with Crippen molar-refractivity contribution in [2.75, 3.05) is 0 Å². The third-order valence-corrected chi connectivity index (χ3v) is 4.31. The number of para-hydroxylation sites is 2. The Morgan fingerprint density at radius 1 is 1.05 bits per heavy atom. The quantitative estimate of drug-likeness (QED) is 0.544. The van der Waals surface area contributed by atoms with Crippen molar-refractivity contribution in [1.82, 2.24) is 25.0 Å². The standard InChI is InChI=1S/C15H10FN5S/c16-11-7-5-10(6-8-11)9-22-15-14-18-19-20-21(14)13-4-2-1-3-12(13)17-15/h1-8H,9H2. The molecule has 0 atom stereocenters. The molecule has 0 aliphatic carbocycles. The van der Waals surface area contributed by atoms with Gasteiger partial charge in [0, 0.05) is 5.75 Å². The molecular formula is C15H10FN5S. The van der Waals surface area contributed by atoms with Gasteiger partial charge in [0.1, 0.15) is 10.8 Å². The number of tetrazole rings is 1. The van der Waals surface area contributed by atoms with E-state index in [0.717, 1.165) is 21.6 Å². The van der Waals surface area contributed by atoms with E-state index in [1.54, 1.807) is 16.6 Å². The molecule has 0 N–H and O–H groups in total. The number of fused-ring (bicyclic) bond motifs is 3. The van der Waals surface area contributed by atoms with Crippen LogP contribution in [0, 0.1) is 5.82 Å². The summed E-state index contributed by atoms with van der Waals surface area (Å²) in [4.78, 5) is 4.63. The van der Waals surface area contributed by atoms with Gasteiger partial charge in [-0.3, -0.25) is 0 Å². The molecule has 108 valence electrons. The SMILES string of the molecule is Fc1ccc(CSc2nc3ccccc3n3nnnc23)cc1. The molecule has 0 aliphatic rings. The molecule has 0 amide bonds. The van der Waals surface area contributed by atoms with Gasteiger partial charge in [-0.25, -0.2) is 9.37 Å². The van der Waals surface area contributed by atoms with Crippen LogP contribution in [-0.2, 0) is 5.75 Å².